The molecule has 2 unspecified atom stereocenters. The van der Waals surface area contributed by atoms with Crippen molar-refractivity contribution in [3.63, 3.8) is 0 Å². The number of halogens is 1. The quantitative estimate of drug-likeness (QED) is 0.880. The second-order valence-electron chi connectivity index (χ2n) is 5.71. The van der Waals surface area contributed by atoms with E-state index >= 15 is 0 Å². The average Bonchev–Trinajstić information content (AvgIpc) is 2.92. The van der Waals surface area contributed by atoms with Crippen LogP contribution in [-0.4, -0.2) is 11.5 Å². The van der Waals surface area contributed by atoms with Crippen LogP contribution >= 0.6 is 15.9 Å². The van der Waals surface area contributed by atoms with E-state index in [1.165, 1.54) is 33.3 Å². The number of hydrogen-bond acceptors (Lipinski definition) is 2. The van der Waals surface area contributed by atoms with Crippen molar-refractivity contribution in [1.82, 2.24) is 10.3 Å². The number of fused-ring (bicyclic) bond motifs is 1. The van der Waals surface area contributed by atoms with Gasteiger partial charge in [0.25, 0.3) is 0 Å². The highest BCUT2D eigenvalue weighted by Crippen LogP contribution is 2.42. The van der Waals surface area contributed by atoms with Gasteiger partial charge in [0.15, 0.2) is 0 Å². The maximum absolute atomic E-state index is 4.67. The van der Waals surface area contributed by atoms with Crippen LogP contribution in [0, 0.1) is 6.92 Å². The first kappa shape index (κ1) is 14.7. The van der Waals surface area contributed by atoms with Crippen molar-refractivity contribution in [1.29, 1.82) is 0 Å². The summed E-state index contributed by atoms with van der Waals surface area (Å²) in [5.74, 6) is 0.458. The highest BCUT2D eigenvalue weighted by atomic mass is 79.9. The summed E-state index contributed by atoms with van der Waals surface area (Å²) in [6, 6.07) is 11.1. The molecular formula is C18H21BrN2. The normalized spacial score (nSPS) is 18.5. The molecule has 0 radical (unpaired) electrons. The number of rotatable bonds is 4. The van der Waals surface area contributed by atoms with Crippen molar-refractivity contribution >= 4 is 15.9 Å². The summed E-state index contributed by atoms with van der Waals surface area (Å²) in [5.41, 5.74) is 5.32. The summed E-state index contributed by atoms with van der Waals surface area (Å²) in [7, 11) is 0. The maximum Gasteiger partial charge on any atom is 0.0485 e. The van der Waals surface area contributed by atoms with Crippen LogP contribution in [0.5, 0.6) is 0 Å². The number of likely N-dealkylation sites (N-methyl/N-ethyl adjacent to an activating group) is 1. The predicted octanol–water partition coefficient (Wildman–Crippen LogP) is 4.53. The maximum atomic E-state index is 4.67. The summed E-state index contributed by atoms with van der Waals surface area (Å²) >= 11 is 3.78. The minimum Gasteiger partial charge on any atom is -0.310 e. The Hall–Kier alpha value is -1.19. The Morgan fingerprint density at radius 2 is 2.19 bits per heavy atom. The first-order chi connectivity index (χ1) is 10.2. The third-order valence-electron chi connectivity index (χ3n) is 4.39. The zero-order valence-corrected chi connectivity index (χ0v) is 14.2. The van der Waals surface area contributed by atoms with Crippen molar-refractivity contribution in [2.45, 2.75) is 38.6 Å². The fourth-order valence-corrected chi connectivity index (χ4v) is 3.88. The van der Waals surface area contributed by atoms with Crippen molar-refractivity contribution in [2.75, 3.05) is 6.54 Å². The lowest BCUT2D eigenvalue weighted by Crippen LogP contribution is -2.27. The largest absolute Gasteiger partial charge is 0.310 e. The Bertz CT molecular complexity index is 639. The van der Waals surface area contributed by atoms with Gasteiger partial charge in [0.05, 0.1) is 0 Å². The third-order valence-corrected chi connectivity index (χ3v) is 5.47. The van der Waals surface area contributed by atoms with Crippen molar-refractivity contribution < 1.29 is 0 Å². The van der Waals surface area contributed by atoms with Crippen molar-refractivity contribution in [3.8, 4) is 0 Å². The number of benzene rings is 1. The van der Waals surface area contributed by atoms with Gasteiger partial charge in [-0.2, -0.15) is 0 Å². The van der Waals surface area contributed by atoms with E-state index in [1.54, 1.807) is 0 Å². The molecule has 3 heteroatoms. The van der Waals surface area contributed by atoms with E-state index in [-0.39, 0.29) is 0 Å². The Kier molecular flexibility index (Phi) is 4.41. The molecule has 110 valence electrons. The van der Waals surface area contributed by atoms with Gasteiger partial charge in [-0.3, -0.25) is 4.98 Å². The predicted molar refractivity (Wildman–Crippen MR) is 90.6 cm³/mol. The van der Waals surface area contributed by atoms with Gasteiger partial charge in [0.1, 0.15) is 0 Å². The van der Waals surface area contributed by atoms with E-state index < -0.39 is 0 Å². The smallest absolute Gasteiger partial charge is 0.0485 e. The first-order valence-electron chi connectivity index (χ1n) is 7.64. The summed E-state index contributed by atoms with van der Waals surface area (Å²) in [5, 5.41) is 3.68. The van der Waals surface area contributed by atoms with E-state index in [1.807, 2.05) is 12.3 Å². The lowest BCUT2D eigenvalue weighted by molar-refractivity contribution is 0.446. The Labute approximate surface area is 135 Å². The Balaban J connectivity index is 2.02. The SMILES string of the molecule is CCNC(c1cccc(C)c1Br)C1CCc2cccnc21. The van der Waals surface area contributed by atoms with Gasteiger partial charge in [-0.25, -0.2) is 0 Å². The molecule has 2 nitrogen and oxygen atoms in total. The number of pyridine rings is 1. The number of aryl methyl sites for hydroxylation is 2. The fraction of sp³-hybridized carbons (Fsp3) is 0.389. The molecule has 0 spiro atoms. The average molecular weight is 345 g/mol. The van der Waals surface area contributed by atoms with Crippen LogP contribution in [0.25, 0.3) is 0 Å². The van der Waals surface area contributed by atoms with Gasteiger partial charge in [-0.1, -0.05) is 47.1 Å². The lowest BCUT2D eigenvalue weighted by Gasteiger charge is -2.26. The summed E-state index contributed by atoms with van der Waals surface area (Å²) < 4.78 is 1.22. The minimum absolute atomic E-state index is 0.320. The highest BCUT2D eigenvalue weighted by molar-refractivity contribution is 9.10. The van der Waals surface area contributed by atoms with Crippen LogP contribution < -0.4 is 5.32 Å². The molecule has 0 bridgehead atoms. The summed E-state index contributed by atoms with van der Waals surface area (Å²) in [6.45, 7) is 5.28. The molecule has 1 heterocycles. The summed E-state index contributed by atoms with van der Waals surface area (Å²) in [4.78, 5) is 4.67. The van der Waals surface area contributed by atoms with E-state index in [2.05, 4.69) is 64.3 Å². The molecule has 0 saturated heterocycles. The molecule has 0 fully saturated rings. The number of aromatic nitrogens is 1. The Morgan fingerprint density at radius 1 is 1.33 bits per heavy atom. The van der Waals surface area contributed by atoms with Gasteiger partial charge in [-0.15, -0.1) is 0 Å². The molecule has 21 heavy (non-hydrogen) atoms. The third kappa shape index (κ3) is 2.77. The standard InChI is InChI=1S/C18H21BrN2/c1-3-20-18(14-8-4-6-12(2)16(14)19)15-10-9-13-7-5-11-21-17(13)15/h4-8,11,15,18,20H,3,9-10H2,1-2H3. The van der Waals surface area contributed by atoms with Gasteiger partial charge in [0, 0.05) is 28.3 Å². The monoisotopic (exact) mass is 344 g/mol. The first-order valence-corrected chi connectivity index (χ1v) is 8.43. The zero-order chi connectivity index (χ0) is 14.8. The molecule has 2 atom stereocenters. The molecule has 1 aliphatic rings. The Morgan fingerprint density at radius 3 is 3.00 bits per heavy atom. The molecule has 1 aromatic carbocycles. The topological polar surface area (TPSA) is 24.9 Å². The van der Waals surface area contributed by atoms with Crippen LogP contribution in [0.3, 0.4) is 0 Å². The molecule has 0 saturated carbocycles. The van der Waals surface area contributed by atoms with E-state index in [9.17, 15) is 0 Å². The fourth-order valence-electron chi connectivity index (χ4n) is 3.37. The molecule has 1 aromatic heterocycles. The molecule has 3 rings (SSSR count). The number of hydrogen-bond donors (Lipinski definition) is 1. The van der Waals surface area contributed by atoms with Crippen molar-refractivity contribution in [3.05, 3.63) is 63.4 Å². The lowest BCUT2D eigenvalue weighted by atomic mass is 9.90. The minimum atomic E-state index is 0.320. The molecular weight excluding hydrogens is 324 g/mol. The van der Waals surface area contributed by atoms with Crippen molar-refractivity contribution in [2.24, 2.45) is 0 Å². The molecule has 0 aliphatic heterocycles. The van der Waals surface area contributed by atoms with Gasteiger partial charge in [-0.05, 0) is 49.1 Å². The number of nitrogens with one attached hydrogen (secondary N) is 1. The van der Waals surface area contributed by atoms with E-state index in [0.29, 0.717) is 12.0 Å². The molecule has 0 amide bonds. The molecule has 2 aromatic rings. The molecule has 1 N–H and O–H groups in total. The van der Waals surface area contributed by atoms with Gasteiger partial charge >= 0.3 is 0 Å². The second-order valence-corrected chi connectivity index (χ2v) is 6.50. The molecule has 1 aliphatic carbocycles. The van der Waals surface area contributed by atoms with E-state index in [0.717, 1.165) is 13.0 Å². The van der Waals surface area contributed by atoms with E-state index in [4.69, 9.17) is 0 Å². The summed E-state index contributed by atoms with van der Waals surface area (Å²) in [6.07, 6.45) is 4.23. The second kappa shape index (κ2) is 6.29. The number of nitrogens with zero attached hydrogens (tertiary/aromatic N) is 1. The van der Waals surface area contributed by atoms with Crippen LogP contribution in [0.4, 0.5) is 0 Å². The van der Waals surface area contributed by atoms with Crippen LogP contribution in [0.2, 0.25) is 0 Å². The van der Waals surface area contributed by atoms with Crippen LogP contribution in [0.15, 0.2) is 41.0 Å². The van der Waals surface area contributed by atoms with Gasteiger partial charge < -0.3 is 5.32 Å². The van der Waals surface area contributed by atoms with Gasteiger partial charge in [0.2, 0.25) is 0 Å². The van der Waals surface area contributed by atoms with Crippen LogP contribution in [0.1, 0.15) is 47.7 Å². The van der Waals surface area contributed by atoms with Crippen LogP contribution in [-0.2, 0) is 6.42 Å². The highest BCUT2D eigenvalue weighted by Gasteiger charge is 2.32. The zero-order valence-electron chi connectivity index (χ0n) is 12.6.